The van der Waals surface area contributed by atoms with E-state index in [2.05, 4.69) is 47.0 Å². The van der Waals surface area contributed by atoms with Crippen LogP contribution in [0.25, 0.3) is 11.0 Å². The predicted molar refractivity (Wildman–Crippen MR) is 135 cm³/mol. The number of pyridine rings is 2. The first-order chi connectivity index (χ1) is 16.9. The lowest BCUT2D eigenvalue weighted by Crippen LogP contribution is -2.33. The quantitative estimate of drug-likeness (QED) is 0.454. The highest BCUT2D eigenvalue weighted by Crippen LogP contribution is 2.33. The Hall–Kier alpha value is -3.79. The highest BCUT2D eigenvalue weighted by Gasteiger charge is 2.25. The maximum absolute atomic E-state index is 10.1. The number of aliphatic hydroxyl groups is 1. The second kappa shape index (κ2) is 8.46. The van der Waals surface area contributed by atoms with Gasteiger partial charge in [-0.25, -0.2) is 9.67 Å². The molecule has 0 radical (unpaired) electrons. The third-order valence-electron chi connectivity index (χ3n) is 6.49. The SMILES string of the molecule is CC(C)(O)CNc1nc(N2CCc3ncc(N4CCCn5nccc54)cc3C2)c2cccnc2n1. The molecule has 0 unspecified atom stereocenters. The van der Waals surface area contributed by atoms with Gasteiger partial charge in [-0.15, -0.1) is 0 Å². The Kier molecular flexibility index (Phi) is 5.25. The number of aromatic nitrogens is 6. The van der Waals surface area contributed by atoms with Crippen molar-refractivity contribution in [2.24, 2.45) is 0 Å². The summed E-state index contributed by atoms with van der Waals surface area (Å²) in [5.41, 5.74) is 3.18. The Bertz CT molecular complexity index is 1380. The molecule has 6 rings (SSSR count). The van der Waals surface area contributed by atoms with Crippen LogP contribution in [0.2, 0.25) is 0 Å². The third kappa shape index (κ3) is 4.25. The highest BCUT2D eigenvalue weighted by molar-refractivity contribution is 5.88. The molecule has 2 aliphatic rings. The lowest BCUT2D eigenvalue weighted by atomic mass is 10.0. The van der Waals surface area contributed by atoms with Crippen molar-refractivity contribution in [2.45, 2.75) is 45.4 Å². The number of rotatable bonds is 5. The fraction of sp³-hybridized carbons (Fsp3) is 0.400. The third-order valence-corrected chi connectivity index (χ3v) is 6.49. The lowest BCUT2D eigenvalue weighted by molar-refractivity contribution is 0.0943. The summed E-state index contributed by atoms with van der Waals surface area (Å²) < 4.78 is 2.05. The molecule has 0 saturated heterocycles. The fourth-order valence-corrected chi connectivity index (χ4v) is 4.79. The molecule has 0 fully saturated rings. The van der Waals surface area contributed by atoms with Crippen molar-refractivity contribution >= 4 is 34.3 Å². The summed E-state index contributed by atoms with van der Waals surface area (Å²) in [6.45, 7) is 7.26. The van der Waals surface area contributed by atoms with Gasteiger partial charge in [0.2, 0.25) is 5.95 Å². The van der Waals surface area contributed by atoms with Crippen LogP contribution in [0.1, 0.15) is 31.5 Å². The summed E-state index contributed by atoms with van der Waals surface area (Å²) >= 11 is 0. The number of aryl methyl sites for hydroxylation is 1. The number of nitrogens with one attached hydrogen (secondary N) is 1. The van der Waals surface area contributed by atoms with E-state index in [1.54, 1.807) is 20.0 Å². The van der Waals surface area contributed by atoms with Gasteiger partial charge in [0.1, 0.15) is 11.6 Å². The van der Waals surface area contributed by atoms with Crippen LogP contribution in [-0.2, 0) is 19.5 Å². The van der Waals surface area contributed by atoms with Crippen molar-refractivity contribution in [2.75, 3.05) is 34.8 Å². The molecule has 6 heterocycles. The van der Waals surface area contributed by atoms with Crippen molar-refractivity contribution in [1.29, 1.82) is 0 Å². The Morgan fingerprint density at radius 3 is 2.89 bits per heavy atom. The molecule has 2 aliphatic heterocycles. The topological polar surface area (TPSA) is 108 Å². The van der Waals surface area contributed by atoms with E-state index in [1.807, 2.05) is 24.5 Å². The van der Waals surface area contributed by atoms with Crippen LogP contribution in [0.5, 0.6) is 0 Å². The maximum Gasteiger partial charge on any atom is 0.226 e. The van der Waals surface area contributed by atoms with E-state index in [4.69, 9.17) is 9.97 Å². The summed E-state index contributed by atoms with van der Waals surface area (Å²) in [6.07, 6.45) is 7.48. The maximum atomic E-state index is 10.1. The largest absolute Gasteiger partial charge is 0.389 e. The van der Waals surface area contributed by atoms with Crippen molar-refractivity contribution in [3.8, 4) is 0 Å². The van der Waals surface area contributed by atoms with E-state index < -0.39 is 5.60 Å². The summed E-state index contributed by atoms with van der Waals surface area (Å²) in [6, 6.07) is 8.24. The van der Waals surface area contributed by atoms with Crippen LogP contribution in [0.4, 0.5) is 23.3 Å². The van der Waals surface area contributed by atoms with Crippen LogP contribution in [0.15, 0.2) is 42.9 Å². The molecule has 0 aliphatic carbocycles. The van der Waals surface area contributed by atoms with Gasteiger partial charge in [0.15, 0.2) is 5.65 Å². The molecular weight excluding hydrogens is 442 g/mol. The van der Waals surface area contributed by atoms with Gasteiger partial charge < -0.3 is 20.2 Å². The van der Waals surface area contributed by atoms with Crippen LogP contribution in [0.3, 0.4) is 0 Å². The Balaban J connectivity index is 1.33. The zero-order chi connectivity index (χ0) is 24.0. The molecule has 180 valence electrons. The normalized spacial score (nSPS) is 15.7. The fourth-order valence-electron chi connectivity index (χ4n) is 4.79. The van der Waals surface area contributed by atoms with Gasteiger partial charge in [0.05, 0.1) is 29.1 Å². The Morgan fingerprint density at radius 1 is 1.09 bits per heavy atom. The average molecular weight is 472 g/mol. The second-order valence-corrected chi connectivity index (χ2v) is 9.80. The molecule has 0 spiro atoms. The van der Waals surface area contributed by atoms with E-state index in [1.165, 1.54) is 5.56 Å². The number of fused-ring (bicyclic) bond motifs is 3. The lowest BCUT2D eigenvalue weighted by Gasteiger charge is -2.33. The summed E-state index contributed by atoms with van der Waals surface area (Å²) in [5.74, 6) is 2.42. The molecule has 0 bridgehead atoms. The molecular formula is C25H29N9O. The standard InChI is InChI=1S/C25H29N9O/c1-25(2,35)16-28-24-30-22-19(5-3-8-26-22)23(31-24)32-12-7-20-17(15-32)13-18(14-27-20)33-10-4-11-34-21(33)6-9-29-34/h3,5-6,8-9,13-14,35H,4,7,10-12,15-16H2,1-2H3,(H,26,28,30,31). The van der Waals surface area contributed by atoms with Gasteiger partial charge in [-0.2, -0.15) is 15.1 Å². The number of hydrogen-bond donors (Lipinski definition) is 2. The molecule has 35 heavy (non-hydrogen) atoms. The van der Waals surface area contributed by atoms with Crippen molar-refractivity contribution < 1.29 is 5.11 Å². The number of anilines is 4. The van der Waals surface area contributed by atoms with Gasteiger partial charge in [-0.3, -0.25) is 4.98 Å². The summed E-state index contributed by atoms with van der Waals surface area (Å²) in [4.78, 5) is 23.3. The van der Waals surface area contributed by atoms with E-state index in [-0.39, 0.29) is 0 Å². The van der Waals surface area contributed by atoms with Gasteiger partial charge in [-0.1, -0.05) is 0 Å². The molecule has 0 amide bonds. The molecule has 2 N–H and O–H groups in total. The molecule has 0 saturated carbocycles. The molecule has 4 aromatic heterocycles. The van der Waals surface area contributed by atoms with E-state index in [0.29, 0.717) is 24.7 Å². The van der Waals surface area contributed by atoms with Gasteiger partial charge in [0.25, 0.3) is 0 Å². The molecule has 0 aromatic carbocycles. The summed E-state index contributed by atoms with van der Waals surface area (Å²) in [5, 5.41) is 18.7. The highest BCUT2D eigenvalue weighted by atomic mass is 16.3. The zero-order valence-electron chi connectivity index (χ0n) is 20.0. The van der Waals surface area contributed by atoms with Crippen LogP contribution >= 0.6 is 0 Å². The smallest absolute Gasteiger partial charge is 0.226 e. The first-order valence-corrected chi connectivity index (χ1v) is 12.1. The van der Waals surface area contributed by atoms with Gasteiger partial charge >= 0.3 is 0 Å². The minimum absolute atomic E-state index is 0.341. The summed E-state index contributed by atoms with van der Waals surface area (Å²) in [7, 11) is 0. The molecule has 0 atom stereocenters. The minimum Gasteiger partial charge on any atom is -0.389 e. The molecule has 4 aromatic rings. The molecule has 10 nitrogen and oxygen atoms in total. The van der Waals surface area contributed by atoms with E-state index in [0.717, 1.165) is 60.9 Å². The van der Waals surface area contributed by atoms with Crippen LogP contribution in [0, 0.1) is 0 Å². The predicted octanol–water partition coefficient (Wildman–Crippen LogP) is 2.90. The van der Waals surface area contributed by atoms with Crippen LogP contribution in [-0.4, -0.2) is 60.1 Å². The van der Waals surface area contributed by atoms with Crippen molar-refractivity contribution in [3.63, 3.8) is 0 Å². The number of nitrogens with zero attached hydrogens (tertiary/aromatic N) is 8. The molecule has 10 heteroatoms. The number of hydrogen-bond acceptors (Lipinski definition) is 9. The van der Waals surface area contributed by atoms with Gasteiger partial charge in [-0.05, 0) is 44.0 Å². The van der Waals surface area contributed by atoms with E-state index in [9.17, 15) is 5.11 Å². The first-order valence-electron chi connectivity index (χ1n) is 12.1. The second-order valence-electron chi connectivity index (χ2n) is 9.80. The van der Waals surface area contributed by atoms with E-state index >= 15 is 0 Å². The minimum atomic E-state index is -0.876. The Labute approximate surface area is 203 Å². The average Bonchev–Trinajstić information content (AvgIpc) is 3.35. The first kappa shape index (κ1) is 21.7. The monoisotopic (exact) mass is 471 g/mol. The van der Waals surface area contributed by atoms with Gasteiger partial charge in [0, 0.05) is 57.1 Å². The van der Waals surface area contributed by atoms with Crippen LogP contribution < -0.4 is 15.1 Å². The zero-order valence-corrected chi connectivity index (χ0v) is 20.0. The van der Waals surface area contributed by atoms with Crippen molar-refractivity contribution in [1.82, 2.24) is 29.7 Å². The Morgan fingerprint density at radius 2 is 2.00 bits per heavy atom. The van der Waals surface area contributed by atoms with Crippen molar-refractivity contribution in [3.05, 3.63) is 54.1 Å².